The van der Waals surface area contributed by atoms with E-state index in [1.165, 1.54) is 0 Å². The van der Waals surface area contributed by atoms with E-state index in [1.807, 2.05) is 12.1 Å². The van der Waals surface area contributed by atoms with Crippen molar-refractivity contribution in [3.05, 3.63) is 59.2 Å². The molecule has 3 rings (SSSR count). The quantitative estimate of drug-likeness (QED) is 0.876. The average Bonchev–Trinajstić information content (AvgIpc) is 2.56. The number of hydrogen-bond donors (Lipinski definition) is 2. The summed E-state index contributed by atoms with van der Waals surface area (Å²) >= 11 is 0. The van der Waals surface area contributed by atoms with Crippen LogP contribution in [0.1, 0.15) is 34.8 Å². The highest BCUT2D eigenvalue weighted by Gasteiger charge is 2.19. The topological polar surface area (TPSA) is 75.3 Å². The molecule has 0 aliphatic carbocycles. The van der Waals surface area contributed by atoms with Crippen molar-refractivity contribution >= 4 is 21.6 Å². The molecule has 1 amide bonds. The van der Waals surface area contributed by atoms with Gasteiger partial charge in [0.15, 0.2) is 0 Å². The Hall–Kier alpha value is -2.34. The number of aryl methyl sites for hydroxylation is 1. The highest BCUT2D eigenvalue weighted by molar-refractivity contribution is 7.92. The van der Waals surface area contributed by atoms with Crippen molar-refractivity contribution in [3.8, 4) is 0 Å². The Morgan fingerprint density at radius 2 is 1.88 bits per heavy atom. The third-order valence-electron chi connectivity index (χ3n) is 4.06. The summed E-state index contributed by atoms with van der Waals surface area (Å²) < 4.78 is 27.6. The third kappa shape index (κ3) is 3.43. The van der Waals surface area contributed by atoms with Gasteiger partial charge in [-0.1, -0.05) is 31.5 Å². The van der Waals surface area contributed by atoms with E-state index in [0.717, 1.165) is 30.4 Å². The van der Waals surface area contributed by atoms with Crippen LogP contribution in [-0.2, 0) is 22.9 Å². The van der Waals surface area contributed by atoms with Gasteiger partial charge in [-0.05, 0) is 48.2 Å². The number of anilines is 1. The third-order valence-corrected chi connectivity index (χ3v) is 5.46. The zero-order chi connectivity index (χ0) is 17.2. The molecule has 0 aromatic heterocycles. The van der Waals surface area contributed by atoms with Crippen LogP contribution in [-0.4, -0.2) is 20.9 Å². The molecule has 24 heavy (non-hydrogen) atoms. The summed E-state index contributed by atoms with van der Waals surface area (Å²) in [7, 11) is -3.67. The summed E-state index contributed by atoms with van der Waals surface area (Å²) in [5.74, 6) is -0.166. The standard InChI is InChI=1S/C18H20N2O3S/c1-2-3-13-4-8-16(9-5-13)24(22,23)20-15-7-6-14-10-11-19-18(21)17(14)12-15/h4-9,12,20H,2-3,10-11H2,1H3,(H,19,21). The van der Waals surface area contributed by atoms with Gasteiger partial charge in [0.25, 0.3) is 15.9 Å². The van der Waals surface area contributed by atoms with Crippen LogP contribution in [0.3, 0.4) is 0 Å². The smallest absolute Gasteiger partial charge is 0.261 e. The van der Waals surface area contributed by atoms with Crippen molar-refractivity contribution < 1.29 is 13.2 Å². The van der Waals surface area contributed by atoms with Crippen molar-refractivity contribution in [1.82, 2.24) is 5.32 Å². The Morgan fingerprint density at radius 3 is 2.58 bits per heavy atom. The van der Waals surface area contributed by atoms with E-state index >= 15 is 0 Å². The first-order valence-electron chi connectivity index (χ1n) is 8.02. The van der Waals surface area contributed by atoms with E-state index in [-0.39, 0.29) is 10.8 Å². The molecule has 0 saturated heterocycles. The average molecular weight is 344 g/mol. The second-order valence-electron chi connectivity index (χ2n) is 5.88. The Balaban J connectivity index is 1.84. The van der Waals surface area contributed by atoms with Crippen LogP contribution in [0.5, 0.6) is 0 Å². The molecule has 2 aromatic rings. The Bertz CT molecular complexity index is 858. The van der Waals surface area contributed by atoms with Crippen LogP contribution in [0.25, 0.3) is 0 Å². The minimum absolute atomic E-state index is 0.166. The van der Waals surface area contributed by atoms with Crippen molar-refractivity contribution in [3.63, 3.8) is 0 Å². The monoisotopic (exact) mass is 344 g/mol. The van der Waals surface area contributed by atoms with Gasteiger partial charge in [0.05, 0.1) is 4.90 Å². The van der Waals surface area contributed by atoms with E-state index in [2.05, 4.69) is 17.0 Å². The predicted octanol–water partition coefficient (Wildman–Crippen LogP) is 2.73. The fourth-order valence-corrected chi connectivity index (χ4v) is 3.86. The molecule has 1 aliphatic heterocycles. The van der Waals surface area contributed by atoms with E-state index in [0.29, 0.717) is 17.8 Å². The lowest BCUT2D eigenvalue weighted by molar-refractivity contribution is 0.0946. The lowest BCUT2D eigenvalue weighted by atomic mass is 10.00. The number of nitrogens with one attached hydrogen (secondary N) is 2. The van der Waals surface area contributed by atoms with Gasteiger partial charge in [-0.25, -0.2) is 8.42 Å². The fourth-order valence-electron chi connectivity index (χ4n) is 2.81. The van der Waals surface area contributed by atoms with E-state index < -0.39 is 10.0 Å². The second kappa shape index (κ2) is 6.65. The highest BCUT2D eigenvalue weighted by Crippen LogP contribution is 2.22. The molecule has 0 fully saturated rings. The molecule has 0 unspecified atom stereocenters. The van der Waals surface area contributed by atoms with Gasteiger partial charge >= 0.3 is 0 Å². The van der Waals surface area contributed by atoms with Crippen molar-refractivity contribution in [2.24, 2.45) is 0 Å². The molecule has 1 heterocycles. The van der Waals surface area contributed by atoms with Gasteiger partial charge < -0.3 is 5.32 Å². The molecule has 6 heteroatoms. The van der Waals surface area contributed by atoms with E-state index in [9.17, 15) is 13.2 Å². The molecule has 0 spiro atoms. The zero-order valence-corrected chi connectivity index (χ0v) is 14.3. The molecular weight excluding hydrogens is 324 g/mol. The van der Waals surface area contributed by atoms with Crippen molar-refractivity contribution in [2.45, 2.75) is 31.1 Å². The number of sulfonamides is 1. The second-order valence-corrected chi connectivity index (χ2v) is 7.56. The summed E-state index contributed by atoms with van der Waals surface area (Å²) in [6.45, 7) is 2.69. The van der Waals surface area contributed by atoms with Crippen LogP contribution < -0.4 is 10.0 Å². The summed E-state index contributed by atoms with van der Waals surface area (Å²) in [5, 5.41) is 2.76. The summed E-state index contributed by atoms with van der Waals surface area (Å²) in [6.07, 6.45) is 2.70. The summed E-state index contributed by atoms with van der Waals surface area (Å²) in [6, 6.07) is 12.0. The minimum Gasteiger partial charge on any atom is -0.352 e. The van der Waals surface area contributed by atoms with Gasteiger partial charge in [0.1, 0.15) is 0 Å². The Labute approximate surface area is 142 Å². The van der Waals surface area contributed by atoms with E-state index in [4.69, 9.17) is 0 Å². The molecule has 0 atom stereocenters. The van der Waals surface area contributed by atoms with Crippen LogP contribution in [0.15, 0.2) is 47.4 Å². The Kier molecular flexibility index (Phi) is 4.57. The fraction of sp³-hybridized carbons (Fsp3) is 0.278. The molecule has 126 valence electrons. The first kappa shape index (κ1) is 16.5. The molecule has 5 nitrogen and oxygen atoms in total. The Morgan fingerprint density at radius 1 is 1.12 bits per heavy atom. The molecule has 2 N–H and O–H groups in total. The maximum absolute atomic E-state index is 12.5. The van der Waals surface area contributed by atoms with Gasteiger partial charge in [-0.2, -0.15) is 0 Å². The maximum atomic E-state index is 12.5. The predicted molar refractivity (Wildman–Crippen MR) is 93.7 cm³/mol. The van der Waals surface area contributed by atoms with Crippen molar-refractivity contribution in [1.29, 1.82) is 0 Å². The number of benzene rings is 2. The number of rotatable bonds is 5. The number of hydrogen-bond acceptors (Lipinski definition) is 3. The normalized spacial score (nSPS) is 14.0. The number of amides is 1. The number of fused-ring (bicyclic) bond motifs is 1. The van der Waals surface area contributed by atoms with Crippen LogP contribution in [0, 0.1) is 0 Å². The number of carbonyl (C=O) groups excluding carboxylic acids is 1. The van der Waals surface area contributed by atoms with Gasteiger partial charge in [-0.15, -0.1) is 0 Å². The molecule has 0 radical (unpaired) electrons. The van der Waals surface area contributed by atoms with Gasteiger partial charge in [0.2, 0.25) is 0 Å². The van der Waals surface area contributed by atoms with Crippen molar-refractivity contribution in [2.75, 3.05) is 11.3 Å². The summed E-state index contributed by atoms with van der Waals surface area (Å²) in [5.41, 5.74) is 2.97. The highest BCUT2D eigenvalue weighted by atomic mass is 32.2. The van der Waals surface area contributed by atoms with Gasteiger partial charge in [-0.3, -0.25) is 9.52 Å². The molecule has 0 saturated carbocycles. The zero-order valence-electron chi connectivity index (χ0n) is 13.5. The molecular formula is C18H20N2O3S. The van der Waals surface area contributed by atoms with Gasteiger partial charge in [0, 0.05) is 17.8 Å². The van der Waals surface area contributed by atoms with Crippen LogP contribution >= 0.6 is 0 Å². The maximum Gasteiger partial charge on any atom is 0.261 e. The first-order valence-corrected chi connectivity index (χ1v) is 9.51. The molecule has 2 aromatic carbocycles. The first-order chi connectivity index (χ1) is 11.5. The van der Waals surface area contributed by atoms with E-state index in [1.54, 1.807) is 30.3 Å². The lowest BCUT2D eigenvalue weighted by Gasteiger charge is -2.17. The molecule has 0 bridgehead atoms. The lowest BCUT2D eigenvalue weighted by Crippen LogP contribution is -2.31. The van der Waals surface area contributed by atoms with Crippen LogP contribution in [0.4, 0.5) is 5.69 Å². The summed E-state index contributed by atoms with van der Waals surface area (Å²) in [4.78, 5) is 12.1. The van der Waals surface area contributed by atoms with Crippen LogP contribution in [0.2, 0.25) is 0 Å². The largest absolute Gasteiger partial charge is 0.352 e. The SMILES string of the molecule is CCCc1ccc(S(=O)(=O)Nc2ccc3c(c2)C(=O)NCC3)cc1. The minimum atomic E-state index is -3.67. The number of carbonyl (C=O) groups is 1. The molecule has 1 aliphatic rings.